The van der Waals surface area contributed by atoms with Crippen LogP contribution in [0.15, 0.2) is 6.33 Å². The topological polar surface area (TPSA) is 92.3 Å². The quantitative estimate of drug-likeness (QED) is 0.684. The second-order valence-electron chi connectivity index (χ2n) is 8.30. The molecule has 0 aromatic carbocycles. The van der Waals surface area contributed by atoms with Gasteiger partial charge in [0.1, 0.15) is 17.0 Å². The van der Waals surface area contributed by atoms with Crippen LogP contribution in [0.5, 0.6) is 0 Å². The minimum Gasteiger partial charge on any atom is -0.369 e. The first-order valence-corrected chi connectivity index (χ1v) is 13.0. The highest BCUT2D eigenvalue weighted by atomic mass is 32.2. The Morgan fingerprint density at radius 1 is 1.28 bits per heavy atom. The molecule has 1 aliphatic carbocycles. The third kappa shape index (κ3) is 4.55. The molecule has 0 radical (unpaired) electrons. The van der Waals surface area contributed by atoms with Crippen molar-refractivity contribution in [2.24, 2.45) is 11.8 Å². The average Bonchev–Trinajstić information content (AvgIpc) is 3.35. The highest BCUT2D eigenvalue weighted by Gasteiger charge is 2.30. The summed E-state index contributed by atoms with van der Waals surface area (Å²) in [4.78, 5) is 25.5. The summed E-state index contributed by atoms with van der Waals surface area (Å²) >= 11 is 1.43. The monoisotopic (exact) mass is 436 g/mol. The van der Waals surface area contributed by atoms with Gasteiger partial charge < -0.3 is 10.2 Å². The normalized spacial score (nSPS) is 20.8. The number of carbonyl (C=O) groups excluding carboxylic acids is 1. The Morgan fingerprint density at radius 3 is 2.72 bits per heavy atom. The summed E-state index contributed by atoms with van der Waals surface area (Å²) < 4.78 is 23.4. The first kappa shape index (κ1) is 20.5. The number of thiophene rings is 1. The smallest absolute Gasteiger partial charge is 0.264 e. The SMILES string of the molecule is CCCN(CC1CC1)C(=O)c1sc2ncnc(NC[C@@H]3CCS(=O)(=O)C3)c2c1C. The van der Waals surface area contributed by atoms with Gasteiger partial charge in [-0.25, -0.2) is 18.4 Å². The molecule has 29 heavy (non-hydrogen) atoms. The highest BCUT2D eigenvalue weighted by molar-refractivity contribution is 7.91. The molecule has 1 N–H and O–H groups in total. The number of hydrogen-bond acceptors (Lipinski definition) is 7. The van der Waals surface area contributed by atoms with Gasteiger partial charge in [0.15, 0.2) is 9.84 Å². The fourth-order valence-corrected chi connectivity index (χ4v) is 6.96. The number of aryl methyl sites for hydroxylation is 1. The number of anilines is 1. The maximum atomic E-state index is 13.2. The number of nitrogens with one attached hydrogen (secondary N) is 1. The molecule has 158 valence electrons. The van der Waals surface area contributed by atoms with Crippen LogP contribution in [-0.2, 0) is 9.84 Å². The van der Waals surface area contributed by atoms with Crippen molar-refractivity contribution < 1.29 is 13.2 Å². The second kappa shape index (κ2) is 8.18. The summed E-state index contributed by atoms with van der Waals surface area (Å²) in [6.45, 7) is 6.24. The predicted octanol–water partition coefficient (Wildman–Crippen LogP) is 3.11. The largest absolute Gasteiger partial charge is 0.369 e. The Hall–Kier alpha value is -1.74. The van der Waals surface area contributed by atoms with E-state index in [0.29, 0.717) is 24.7 Å². The van der Waals surface area contributed by atoms with Crippen LogP contribution in [0.25, 0.3) is 10.2 Å². The Morgan fingerprint density at radius 2 is 2.07 bits per heavy atom. The van der Waals surface area contributed by atoms with E-state index in [-0.39, 0.29) is 23.3 Å². The molecule has 4 rings (SSSR count). The van der Waals surface area contributed by atoms with Gasteiger partial charge in [0.05, 0.1) is 21.8 Å². The zero-order chi connectivity index (χ0) is 20.6. The van der Waals surface area contributed by atoms with Gasteiger partial charge in [0.25, 0.3) is 5.91 Å². The highest BCUT2D eigenvalue weighted by Crippen LogP contribution is 2.36. The predicted molar refractivity (Wildman–Crippen MR) is 116 cm³/mol. The lowest BCUT2D eigenvalue weighted by molar-refractivity contribution is 0.0752. The number of sulfone groups is 1. The van der Waals surface area contributed by atoms with Gasteiger partial charge in [0, 0.05) is 19.6 Å². The van der Waals surface area contributed by atoms with Gasteiger partial charge in [0.2, 0.25) is 0 Å². The maximum absolute atomic E-state index is 13.2. The minimum absolute atomic E-state index is 0.0899. The van der Waals surface area contributed by atoms with E-state index in [9.17, 15) is 13.2 Å². The number of rotatable bonds is 8. The van der Waals surface area contributed by atoms with Crippen molar-refractivity contribution in [3.8, 4) is 0 Å². The molecule has 1 saturated carbocycles. The van der Waals surface area contributed by atoms with Gasteiger partial charge in [-0.2, -0.15) is 0 Å². The van der Waals surface area contributed by atoms with E-state index in [1.54, 1.807) is 0 Å². The molecule has 0 spiro atoms. The molecule has 0 unspecified atom stereocenters. The molecule has 1 aliphatic heterocycles. The van der Waals surface area contributed by atoms with Crippen molar-refractivity contribution in [2.75, 3.05) is 36.5 Å². The number of aromatic nitrogens is 2. The van der Waals surface area contributed by atoms with Crippen LogP contribution >= 0.6 is 11.3 Å². The Balaban J connectivity index is 1.56. The number of nitrogens with zero attached hydrogens (tertiary/aromatic N) is 3. The molecule has 1 amide bonds. The molecule has 2 aromatic heterocycles. The van der Waals surface area contributed by atoms with Crippen molar-refractivity contribution in [1.82, 2.24) is 14.9 Å². The average molecular weight is 437 g/mol. The van der Waals surface area contributed by atoms with Gasteiger partial charge in [-0.05, 0) is 50.0 Å². The van der Waals surface area contributed by atoms with Crippen molar-refractivity contribution in [3.63, 3.8) is 0 Å². The number of fused-ring (bicyclic) bond motifs is 1. The summed E-state index contributed by atoms with van der Waals surface area (Å²) in [7, 11) is -2.90. The maximum Gasteiger partial charge on any atom is 0.264 e. The van der Waals surface area contributed by atoms with E-state index in [4.69, 9.17) is 0 Å². The Labute approximate surface area is 175 Å². The standard InChI is InChI=1S/C20H28N4O3S2/c1-3-7-24(10-14-4-5-14)20(25)17-13(2)16-18(22-12-23-19(16)28-17)21-9-15-6-8-29(26,27)11-15/h12,14-15H,3-11H2,1-2H3,(H,21,22,23)/t15-/m0/s1. The van der Waals surface area contributed by atoms with Crippen LogP contribution in [0.3, 0.4) is 0 Å². The van der Waals surface area contributed by atoms with E-state index in [1.807, 2.05) is 11.8 Å². The van der Waals surface area contributed by atoms with E-state index < -0.39 is 9.84 Å². The van der Waals surface area contributed by atoms with Crippen LogP contribution in [0.1, 0.15) is 47.8 Å². The molecule has 3 heterocycles. The molecular weight excluding hydrogens is 408 g/mol. The van der Waals surface area contributed by atoms with Crippen molar-refractivity contribution in [2.45, 2.75) is 39.5 Å². The number of carbonyl (C=O) groups is 1. The zero-order valence-electron chi connectivity index (χ0n) is 17.0. The van der Waals surface area contributed by atoms with Gasteiger partial charge in [-0.1, -0.05) is 6.92 Å². The molecule has 1 atom stereocenters. The third-order valence-corrected chi connectivity index (χ3v) is 8.79. The second-order valence-corrected chi connectivity index (χ2v) is 11.5. The molecular formula is C20H28N4O3S2. The van der Waals surface area contributed by atoms with E-state index in [1.165, 1.54) is 30.5 Å². The number of hydrogen-bond donors (Lipinski definition) is 1. The van der Waals surface area contributed by atoms with Gasteiger partial charge in [-0.3, -0.25) is 4.79 Å². The van der Waals surface area contributed by atoms with Crippen molar-refractivity contribution in [1.29, 1.82) is 0 Å². The first-order valence-electron chi connectivity index (χ1n) is 10.4. The fraction of sp³-hybridized carbons (Fsp3) is 0.650. The molecule has 1 saturated heterocycles. The third-order valence-electron chi connectivity index (χ3n) is 5.76. The van der Waals surface area contributed by atoms with E-state index in [2.05, 4.69) is 22.2 Å². The summed E-state index contributed by atoms with van der Waals surface area (Å²) in [6.07, 6.45) is 5.57. The summed E-state index contributed by atoms with van der Waals surface area (Å²) in [5.74, 6) is 2.03. The van der Waals surface area contributed by atoms with Crippen LogP contribution in [0.4, 0.5) is 5.82 Å². The summed E-state index contributed by atoms with van der Waals surface area (Å²) in [5, 5.41) is 4.20. The Kier molecular flexibility index (Phi) is 5.79. The summed E-state index contributed by atoms with van der Waals surface area (Å²) in [6, 6.07) is 0. The Bertz CT molecular complexity index is 1010. The lowest BCUT2D eigenvalue weighted by Gasteiger charge is -2.21. The lowest BCUT2D eigenvalue weighted by Crippen LogP contribution is -2.33. The van der Waals surface area contributed by atoms with Crippen molar-refractivity contribution >= 4 is 43.1 Å². The zero-order valence-corrected chi connectivity index (χ0v) is 18.6. The summed E-state index contributed by atoms with van der Waals surface area (Å²) in [5.41, 5.74) is 0.911. The number of amides is 1. The molecule has 9 heteroatoms. The van der Waals surface area contributed by atoms with Gasteiger partial charge in [-0.15, -0.1) is 11.3 Å². The van der Waals surface area contributed by atoms with Crippen LogP contribution in [0, 0.1) is 18.8 Å². The van der Waals surface area contributed by atoms with Crippen LogP contribution in [0.2, 0.25) is 0 Å². The molecule has 2 aromatic rings. The molecule has 0 bridgehead atoms. The van der Waals surface area contributed by atoms with Crippen molar-refractivity contribution in [3.05, 3.63) is 16.8 Å². The van der Waals surface area contributed by atoms with E-state index in [0.717, 1.165) is 40.2 Å². The molecule has 2 fully saturated rings. The molecule has 2 aliphatic rings. The minimum atomic E-state index is -2.90. The van der Waals surface area contributed by atoms with Crippen LogP contribution < -0.4 is 5.32 Å². The molecule has 7 nitrogen and oxygen atoms in total. The van der Waals surface area contributed by atoms with E-state index >= 15 is 0 Å². The first-order chi connectivity index (χ1) is 13.9. The lowest BCUT2D eigenvalue weighted by atomic mass is 10.1. The van der Waals surface area contributed by atoms with Gasteiger partial charge >= 0.3 is 0 Å². The fourth-order valence-electron chi connectivity index (χ4n) is 3.99. The van der Waals surface area contributed by atoms with Crippen LogP contribution in [-0.4, -0.2) is 60.3 Å².